The summed E-state index contributed by atoms with van der Waals surface area (Å²) in [5.41, 5.74) is 8.96. The molecule has 1 atom stereocenters. The number of H-pyrrole nitrogens is 1. The highest BCUT2D eigenvalue weighted by Crippen LogP contribution is 2.41. The monoisotopic (exact) mass is 567 g/mol. The van der Waals surface area contributed by atoms with Gasteiger partial charge >= 0.3 is 12.1 Å². The summed E-state index contributed by atoms with van der Waals surface area (Å²) in [7, 11) is 0. The van der Waals surface area contributed by atoms with E-state index in [-0.39, 0.29) is 38.3 Å². The van der Waals surface area contributed by atoms with E-state index in [1.54, 1.807) is 12.1 Å². The zero-order valence-corrected chi connectivity index (χ0v) is 21.2. The predicted octanol–water partition coefficient (Wildman–Crippen LogP) is 5.04. The highest BCUT2D eigenvalue weighted by Gasteiger charge is 2.39. The number of hydrogen-bond acceptors (Lipinski definition) is 6. The number of fused-ring (bicyclic) bond motifs is 1. The van der Waals surface area contributed by atoms with E-state index < -0.39 is 35.0 Å². The first kappa shape index (κ1) is 27.6. The van der Waals surface area contributed by atoms with Crippen LogP contribution in [0.4, 0.5) is 13.2 Å². The summed E-state index contributed by atoms with van der Waals surface area (Å²) in [6.45, 7) is 0.456. The van der Waals surface area contributed by atoms with Crippen molar-refractivity contribution in [2.24, 2.45) is 11.5 Å². The molecule has 0 aliphatic heterocycles. The number of nitrogens with one attached hydrogen (secondary N) is 1. The fraction of sp³-hybridized carbons (Fsp3) is 0.240. The maximum absolute atomic E-state index is 14.1. The van der Waals surface area contributed by atoms with Gasteiger partial charge in [-0.15, -0.1) is 0 Å². The van der Waals surface area contributed by atoms with Crippen molar-refractivity contribution in [2.75, 3.05) is 6.54 Å². The van der Waals surface area contributed by atoms with Crippen LogP contribution in [0.2, 0.25) is 10.0 Å². The summed E-state index contributed by atoms with van der Waals surface area (Å²) < 4.78 is 48.8. The van der Waals surface area contributed by atoms with Gasteiger partial charge in [-0.1, -0.05) is 47.8 Å². The van der Waals surface area contributed by atoms with E-state index in [2.05, 4.69) is 10.1 Å². The van der Waals surface area contributed by atoms with E-state index in [0.29, 0.717) is 25.8 Å². The number of aromatic amines is 1. The Bertz CT molecular complexity index is 1550. The number of benzene rings is 2. The van der Waals surface area contributed by atoms with Crippen LogP contribution >= 0.6 is 23.2 Å². The van der Waals surface area contributed by atoms with Gasteiger partial charge in [0.05, 0.1) is 21.3 Å². The lowest BCUT2D eigenvalue weighted by atomic mass is 10.1. The normalized spacial score (nSPS) is 12.6. The first-order valence-electron chi connectivity index (χ1n) is 11.5. The van der Waals surface area contributed by atoms with Gasteiger partial charge in [-0.2, -0.15) is 18.3 Å². The standard InChI is InChI=1S/C25H22Cl2F3N5O3/c26-15-9-8-13(11-16(15)27)21-22(25(28,29)30)34-35-18(12-20(36)33-23(21)35)14-5-1-2-7-19(14)38-24(37)17(32)6-3-4-10-31/h1-2,5,7-9,11-12,17H,3-4,6,10,31-32H2,(H,33,36)/t17-/m0/s1. The van der Waals surface area contributed by atoms with Crippen LogP contribution in [0.5, 0.6) is 5.75 Å². The molecule has 0 aliphatic carbocycles. The lowest BCUT2D eigenvalue weighted by Crippen LogP contribution is -2.34. The lowest BCUT2D eigenvalue weighted by Gasteiger charge is -2.14. The van der Waals surface area contributed by atoms with Crippen LogP contribution in [0, 0.1) is 0 Å². The molecule has 4 aromatic rings. The maximum atomic E-state index is 14.1. The van der Waals surface area contributed by atoms with E-state index >= 15 is 0 Å². The van der Waals surface area contributed by atoms with E-state index in [4.69, 9.17) is 39.4 Å². The zero-order valence-electron chi connectivity index (χ0n) is 19.7. The highest BCUT2D eigenvalue weighted by molar-refractivity contribution is 6.42. The number of alkyl halides is 3. The summed E-state index contributed by atoms with van der Waals surface area (Å²) >= 11 is 12.0. The Morgan fingerprint density at radius 2 is 1.84 bits per heavy atom. The van der Waals surface area contributed by atoms with Crippen LogP contribution in [-0.4, -0.2) is 33.2 Å². The Morgan fingerprint density at radius 1 is 1.11 bits per heavy atom. The summed E-state index contributed by atoms with van der Waals surface area (Å²) in [5, 5.41) is 3.97. The first-order valence-corrected chi connectivity index (χ1v) is 12.2. The smallest absolute Gasteiger partial charge is 0.425 e. The number of halogens is 5. The third kappa shape index (κ3) is 5.70. The summed E-state index contributed by atoms with van der Waals surface area (Å²) in [6, 6.07) is 10.2. The molecule has 2 heterocycles. The molecular weight excluding hydrogens is 546 g/mol. The Kier molecular flexibility index (Phi) is 8.12. The molecule has 2 aromatic carbocycles. The van der Waals surface area contributed by atoms with Crippen LogP contribution in [0.1, 0.15) is 25.0 Å². The van der Waals surface area contributed by atoms with Crippen LogP contribution in [0.25, 0.3) is 28.0 Å². The maximum Gasteiger partial charge on any atom is 0.435 e. The van der Waals surface area contributed by atoms with Crippen molar-refractivity contribution in [1.29, 1.82) is 0 Å². The van der Waals surface area contributed by atoms with Crippen LogP contribution in [0.3, 0.4) is 0 Å². The fourth-order valence-corrected chi connectivity index (χ4v) is 4.24. The molecule has 38 heavy (non-hydrogen) atoms. The second kappa shape index (κ2) is 11.2. The molecule has 4 rings (SSSR count). The SMILES string of the molecule is NCCCC[C@H](N)C(=O)Oc1ccccc1-c1cc(=O)[nH]c2c(-c3ccc(Cl)c(Cl)c3)c(C(F)(F)F)nn12. The van der Waals surface area contributed by atoms with Gasteiger partial charge in [0, 0.05) is 11.6 Å². The Hall–Kier alpha value is -3.38. The Balaban J connectivity index is 1.88. The number of aromatic nitrogens is 3. The zero-order chi connectivity index (χ0) is 27.6. The van der Waals surface area contributed by atoms with Gasteiger partial charge in [0.15, 0.2) is 5.69 Å². The molecule has 0 aliphatic rings. The first-order chi connectivity index (χ1) is 18.0. The highest BCUT2D eigenvalue weighted by atomic mass is 35.5. The van der Waals surface area contributed by atoms with Crippen molar-refractivity contribution < 1.29 is 22.7 Å². The minimum Gasteiger partial charge on any atom is -0.425 e. The van der Waals surface area contributed by atoms with Crippen molar-refractivity contribution in [3.63, 3.8) is 0 Å². The van der Waals surface area contributed by atoms with Crippen LogP contribution < -0.4 is 21.8 Å². The minimum atomic E-state index is -4.89. The molecule has 0 saturated heterocycles. The molecule has 200 valence electrons. The van der Waals surface area contributed by atoms with Gasteiger partial charge < -0.3 is 21.2 Å². The van der Waals surface area contributed by atoms with E-state index in [1.807, 2.05) is 0 Å². The molecule has 0 unspecified atom stereocenters. The van der Waals surface area contributed by atoms with Gasteiger partial charge in [-0.25, -0.2) is 9.31 Å². The number of unbranched alkanes of at least 4 members (excludes halogenated alkanes) is 1. The van der Waals surface area contributed by atoms with Crippen molar-refractivity contribution in [3.05, 3.63) is 74.6 Å². The second-order valence-electron chi connectivity index (χ2n) is 8.44. The summed E-state index contributed by atoms with van der Waals surface area (Å²) in [4.78, 5) is 27.7. The number of para-hydroxylation sites is 1. The van der Waals surface area contributed by atoms with Crippen LogP contribution in [0.15, 0.2) is 53.3 Å². The van der Waals surface area contributed by atoms with E-state index in [9.17, 15) is 22.8 Å². The predicted molar refractivity (Wildman–Crippen MR) is 138 cm³/mol. The number of rotatable bonds is 8. The fourth-order valence-electron chi connectivity index (χ4n) is 3.94. The molecule has 8 nitrogen and oxygen atoms in total. The largest absolute Gasteiger partial charge is 0.435 e. The topological polar surface area (TPSA) is 128 Å². The Morgan fingerprint density at radius 3 is 2.53 bits per heavy atom. The van der Waals surface area contributed by atoms with Crippen LogP contribution in [-0.2, 0) is 11.0 Å². The van der Waals surface area contributed by atoms with Gasteiger partial charge in [-0.05, 0) is 49.2 Å². The van der Waals surface area contributed by atoms with E-state index in [1.165, 1.54) is 30.3 Å². The average Bonchev–Trinajstić information content (AvgIpc) is 3.25. The molecule has 5 N–H and O–H groups in total. The minimum absolute atomic E-state index is 0.00109. The third-order valence-electron chi connectivity index (χ3n) is 5.75. The lowest BCUT2D eigenvalue weighted by molar-refractivity contribution is -0.140. The third-order valence-corrected chi connectivity index (χ3v) is 6.48. The molecule has 13 heteroatoms. The number of carbonyl (C=O) groups excluding carboxylic acids is 1. The Labute approximate surface area is 224 Å². The molecule has 0 saturated carbocycles. The molecule has 0 spiro atoms. The van der Waals surface area contributed by atoms with Gasteiger partial charge in [0.2, 0.25) is 0 Å². The van der Waals surface area contributed by atoms with Gasteiger partial charge in [0.1, 0.15) is 17.4 Å². The number of nitrogens with zero attached hydrogens (tertiary/aromatic N) is 2. The molecule has 0 fully saturated rings. The summed E-state index contributed by atoms with van der Waals surface area (Å²) in [6.07, 6.45) is -3.24. The molecular formula is C25H22Cl2F3N5O3. The second-order valence-corrected chi connectivity index (χ2v) is 9.25. The number of esters is 1. The molecule has 0 bridgehead atoms. The molecule has 0 radical (unpaired) electrons. The van der Waals surface area contributed by atoms with Crippen molar-refractivity contribution >= 4 is 34.8 Å². The van der Waals surface area contributed by atoms with E-state index in [0.717, 1.165) is 10.6 Å². The number of ether oxygens (including phenoxy) is 1. The van der Waals surface area contributed by atoms with Crippen molar-refractivity contribution in [1.82, 2.24) is 14.6 Å². The average molecular weight is 568 g/mol. The van der Waals surface area contributed by atoms with Gasteiger partial charge in [-0.3, -0.25) is 4.79 Å². The molecule has 2 aromatic heterocycles. The summed E-state index contributed by atoms with van der Waals surface area (Å²) in [5.74, 6) is -0.734. The quantitative estimate of drug-likeness (QED) is 0.155. The number of carbonyl (C=O) groups is 1. The number of nitrogens with two attached hydrogens (primary N) is 2. The number of hydrogen-bond donors (Lipinski definition) is 3. The molecule has 0 amide bonds. The van der Waals surface area contributed by atoms with Crippen molar-refractivity contribution in [3.8, 4) is 28.1 Å². The van der Waals surface area contributed by atoms with Gasteiger partial charge in [0.25, 0.3) is 5.56 Å². The van der Waals surface area contributed by atoms with Crippen molar-refractivity contribution in [2.45, 2.75) is 31.5 Å².